The summed E-state index contributed by atoms with van der Waals surface area (Å²) < 4.78 is 11.3. The van der Waals surface area contributed by atoms with Crippen molar-refractivity contribution in [2.45, 2.75) is 32.7 Å². The molecule has 0 radical (unpaired) electrons. The number of carbonyl (C=O) groups excluding carboxylic acids is 1. The van der Waals surface area contributed by atoms with Gasteiger partial charge in [0.25, 0.3) is 5.91 Å². The summed E-state index contributed by atoms with van der Waals surface area (Å²) in [6, 6.07) is 17.5. The molecule has 0 aliphatic rings. The standard InChI is InChI=1S/C18H21NO3/c1-18(2,17(19)20)22-16-10-6-9-15(11-16)13-21-12-14-7-4-3-5-8-14/h3-11H,12-13H2,1-2H3,(H2,19,20). The zero-order valence-corrected chi connectivity index (χ0v) is 12.9. The molecule has 0 aromatic heterocycles. The average Bonchev–Trinajstić information content (AvgIpc) is 2.48. The van der Waals surface area contributed by atoms with Crippen LogP contribution in [0.3, 0.4) is 0 Å². The lowest BCUT2D eigenvalue weighted by Gasteiger charge is -2.22. The summed E-state index contributed by atoms with van der Waals surface area (Å²) in [6.07, 6.45) is 0. The van der Waals surface area contributed by atoms with Crippen LogP contribution in [0.25, 0.3) is 0 Å². The Bertz CT molecular complexity index is 623. The molecule has 2 rings (SSSR count). The normalized spacial score (nSPS) is 11.2. The highest BCUT2D eigenvalue weighted by atomic mass is 16.5. The number of amides is 1. The third kappa shape index (κ3) is 4.60. The topological polar surface area (TPSA) is 61.6 Å². The van der Waals surface area contributed by atoms with Crippen molar-refractivity contribution in [1.29, 1.82) is 0 Å². The van der Waals surface area contributed by atoms with Crippen molar-refractivity contribution in [3.8, 4) is 5.75 Å². The van der Waals surface area contributed by atoms with Gasteiger partial charge in [0, 0.05) is 0 Å². The molecular formula is C18H21NO3. The lowest BCUT2D eigenvalue weighted by Crippen LogP contribution is -2.43. The Morgan fingerprint density at radius 2 is 1.64 bits per heavy atom. The van der Waals surface area contributed by atoms with E-state index >= 15 is 0 Å². The maximum absolute atomic E-state index is 11.3. The first-order chi connectivity index (χ1) is 10.5. The third-order valence-corrected chi connectivity index (χ3v) is 3.25. The quantitative estimate of drug-likeness (QED) is 0.854. The number of hydrogen-bond acceptors (Lipinski definition) is 3. The van der Waals surface area contributed by atoms with Gasteiger partial charge in [0.05, 0.1) is 13.2 Å². The highest BCUT2D eigenvalue weighted by molar-refractivity contribution is 5.82. The number of hydrogen-bond donors (Lipinski definition) is 1. The van der Waals surface area contributed by atoms with Gasteiger partial charge in [0.1, 0.15) is 5.75 Å². The monoisotopic (exact) mass is 299 g/mol. The van der Waals surface area contributed by atoms with E-state index in [0.29, 0.717) is 19.0 Å². The SMILES string of the molecule is CC(C)(Oc1cccc(COCc2ccccc2)c1)C(N)=O. The largest absolute Gasteiger partial charge is 0.478 e. The molecule has 0 unspecified atom stereocenters. The summed E-state index contributed by atoms with van der Waals surface area (Å²) in [5, 5.41) is 0. The maximum Gasteiger partial charge on any atom is 0.261 e. The smallest absolute Gasteiger partial charge is 0.261 e. The zero-order valence-electron chi connectivity index (χ0n) is 12.9. The van der Waals surface area contributed by atoms with Crippen molar-refractivity contribution in [2.75, 3.05) is 0 Å². The number of carbonyl (C=O) groups is 1. The molecule has 0 aliphatic carbocycles. The highest BCUT2D eigenvalue weighted by Crippen LogP contribution is 2.20. The lowest BCUT2D eigenvalue weighted by atomic mass is 10.1. The molecule has 0 fully saturated rings. The molecule has 1 amide bonds. The van der Waals surface area contributed by atoms with Gasteiger partial charge < -0.3 is 15.2 Å². The Labute approximate surface area is 130 Å². The number of ether oxygens (including phenoxy) is 2. The summed E-state index contributed by atoms with van der Waals surface area (Å²) in [5.74, 6) is 0.0999. The van der Waals surface area contributed by atoms with E-state index in [1.807, 2.05) is 48.5 Å². The molecule has 0 aliphatic heterocycles. The molecular weight excluding hydrogens is 278 g/mol. The van der Waals surface area contributed by atoms with Crippen molar-refractivity contribution in [1.82, 2.24) is 0 Å². The predicted octanol–water partition coefficient (Wildman–Crippen LogP) is 3.05. The van der Waals surface area contributed by atoms with Crippen molar-refractivity contribution in [3.63, 3.8) is 0 Å². The highest BCUT2D eigenvalue weighted by Gasteiger charge is 2.27. The van der Waals surface area contributed by atoms with Crippen LogP contribution in [-0.4, -0.2) is 11.5 Å². The van der Waals surface area contributed by atoms with Gasteiger partial charge >= 0.3 is 0 Å². The van der Waals surface area contributed by atoms with Gasteiger partial charge in [-0.1, -0.05) is 42.5 Å². The molecule has 4 heteroatoms. The molecule has 2 aromatic rings. The van der Waals surface area contributed by atoms with Crippen LogP contribution in [0, 0.1) is 0 Å². The van der Waals surface area contributed by atoms with Gasteiger partial charge in [-0.05, 0) is 37.1 Å². The van der Waals surface area contributed by atoms with Gasteiger partial charge in [-0.3, -0.25) is 4.79 Å². The molecule has 2 N–H and O–H groups in total. The maximum atomic E-state index is 11.3. The number of primary amides is 1. The van der Waals surface area contributed by atoms with Crippen molar-refractivity contribution in [3.05, 3.63) is 65.7 Å². The van der Waals surface area contributed by atoms with E-state index in [9.17, 15) is 4.79 Å². The Hall–Kier alpha value is -2.33. The van der Waals surface area contributed by atoms with E-state index in [-0.39, 0.29) is 0 Å². The number of benzene rings is 2. The van der Waals surface area contributed by atoms with Gasteiger partial charge in [-0.15, -0.1) is 0 Å². The van der Waals surface area contributed by atoms with Crippen LogP contribution in [0.5, 0.6) is 5.75 Å². The molecule has 22 heavy (non-hydrogen) atoms. The van der Waals surface area contributed by atoms with Crippen LogP contribution in [0.4, 0.5) is 0 Å². The van der Waals surface area contributed by atoms with E-state index in [2.05, 4.69) is 0 Å². The molecule has 0 heterocycles. The Kier molecular flexibility index (Phi) is 5.17. The third-order valence-electron chi connectivity index (χ3n) is 3.25. The fourth-order valence-corrected chi connectivity index (χ4v) is 1.90. The van der Waals surface area contributed by atoms with E-state index in [1.165, 1.54) is 0 Å². The van der Waals surface area contributed by atoms with Crippen molar-refractivity contribution in [2.24, 2.45) is 5.73 Å². The molecule has 4 nitrogen and oxygen atoms in total. The van der Waals surface area contributed by atoms with E-state index in [1.54, 1.807) is 19.9 Å². The van der Waals surface area contributed by atoms with Crippen molar-refractivity contribution >= 4 is 5.91 Å². The van der Waals surface area contributed by atoms with E-state index < -0.39 is 11.5 Å². The first kappa shape index (κ1) is 16.0. The second-order valence-corrected chi connectivity index (χ2v) is 5.60. The average molecular weight is 299 g/mol. The van der Waals surface area contributed by atoms with Crippen LogP contribution in [0.1, 0.15) is 25.0 Å². The lowest BCUT2D eigenvalue weighted by molar-refractivity contribution is -0.130. The number of nitrogens with two attached hydrogens (primary N) is 1. The van der Waals surface area contributed by atoms with Crippen LogP contribution in [0.2, 0.25) is 0 Å². The first-order valence-corrected chi connectivity index (χ1v) is 7.17. The Morgan fingerprint density at radius 3 is 2.32 bits per heavy atom. The number of rotatable bonds is 7. The van der Waals surface area contributed by atoms with Crippen LogP contribution in [-0.2, 0) is 22.7 Å². The molecule has 0 atom stereocenters. The summed E-state index contributed by atoms with van der Waals surface area (Å²) in [6.45, 7) is 4.32. The van der Waals surface area contributed by atoms with Gasteiger partial charge in [0.15, 0.2) is 5.60 Å². The summed E-state index contributed by atoms with van der Waals surface area (Å²) in [5.41, 5.74) is 6.38. The fourth-order valence-electron chi connectivity index (χ4n) is 1.90. The Balaban J connectivity index is 1.93. The van der Waals surface area contributed by atoms with Crippen molar-refractivity contribution < 1.29 is 14.3 Å². The van der Waals surface area contributed by atoms with E-state index in [0.717, 1.165) is 11.1 Å². The first-order valence-electron chi connectivity index (χ1n) is 7.17. The molecule has 0 saturated heterocycles. The minimum absolute atomic E-state index is 0.475. The molecule has 0 bridgehead atoms. The van der Waals surface area contributed by atoms with Crippen LogP contribution in [0.15, 0.2) is 54.6 Å². The molecule has 0 spiro atoms. The van der Waals surface area contributed by atoms with Gasteiger partial charge in [-0.2, -0.15) is 0 Å². The van der Waals surface area contributed by atoms with Gasteiger partial charge in [-0.25, -0.2) is 0 Å². The molecule has 116 valence electrons. The predicted molar refractivity (Wildman–Crippen MR) is 85.3 cm³/mol. The van der Waals surface area contributed by atoms with Crippen LogP contribution >= 0.6 is 0 Å². The minimum Gasteiger partial charge on any atom is -0.478 e. The molecule has 2 aromatic carbocycles. The zero-order chi connectivity index (χ0) is 16.0. The van der Waals surface area contributed by atoms with E-state index in [4.69, 9.17) is 15.2 Å². The second-order valence-electron chi connectivity index (χ2n) is 5.60. The Morgan fingerprint density at radius 1 is 1.00 bits per heavy atom. The summed E-state index contributed by atoms with van der Waals surface area (Å²) >= 11 is 0. The van der Waals surface area contributed by atoms with Crippen LogP contribution < -0.4 is 10.5 Å². The minimum atomic E-state index is -1.04. The molecule has 0 saturated carbocycles. The summed E-state index contributed by atoms with van der Waals surface area (Å²) in [7, 11) is 0. The second kappa shape index (κ2) is 7.09. The summed E-state index contributed by atoms with van der Waals surface area (Å²) in [4.78, 5) is 11.3. The van der Waals surface area contributed by atoms with Gasteiger partial charge in [0.2, 0.25) is 0 Å². The fraction of sp³-hybridized carbons (Fsp3) is 0.278.